The van der Waals surface area contributed by atoms with Crippen molar-refractivity contribution in [2.45, 2.75) is 44.5 Å². The van der Waals surface area contributed by atoms with Crippen LogP contribution in [0.15, 0.2) is 12.2 Å². The molecule has 3 N–H and O–H groups in total. The smallest absolute Gasteiger partial charge is 0.249 e. The molecule has 0 heterocycles. The van der Waals surface area contributed by atoms with Crippen LogP contribution in [-0.2, 0) is 9.59 Å². The van der Waals surface area contributed by atoms with Crippen molar-refractivity contribution in [1.82, 2.24) is 0 Å². The second-order valence-corrected chi connectivity index (χ2v) is 4.41. The van der Waals surface area contributed by atoms with E-state index >= 15 is 0 Å². The van der Waals surface area contributed by atoms with Gasteiger partial charge in [-0.15, -0.1) is 0 Å². The summed E-state index contributed by atoms with van der Waals surface area (Å²) in [6.07, 6.45) is 5.17. The van der Waals surface area contributed by atoms with E-state index in [4.69, 9.17) is 0 Å². The Morgan fingerprint density at radius 3 is 2.35 bits per heavy atom. The van der Waals surface area contributed by atoms with Gasteiger partial charge in [0, 0.05) is 0 Å². The third kappa shape index (κ3) is 2.46. The van der Waals surface area contributed by atoms with Gasteiger partial charge in [-0.2, -0.15) is 0 Å². The van der Waals surface area contributed by atoms with Gasteiger partial charge in [0.2, 0.25) is 11.6 Å². The van der Waals surface area contributed by atoms with Crippen molar-refractivity contribution in [1.29, 1.82) is 0 Å². The van der Waals surface area contributed by atoms with E-state index in [0.29, 0.717) is 6.42 Å². The van der Waals surface area contributed by atoms with Crippen molar-refractivity contribution in [2.24, 2.45) is 5.41 Å². The number of unbranched alkanes of at least 4 members (excludes halogenated alkanes) is 2. The van der Waals surface area contributed by atoms with Crippen LogP contribution < -0.4 is 0 Å². The molecule has 0 bridgehead atoms. The molecule has 0 aliphatic heterocycles. The molecule has 2 atom stereocenters. The average Bonchev–Trinajstić information content (AvgIpc) is 2.71. The monoisotopic (exact) mass is 242 g/mol. The maximum absolute atomic E-state index is 11.1. The molecule has 1 saturated carbocycles. The van der Waals surface area contributed by atoms with E-state index in [-0.39, 0.29) is 6.29 Å². The van der Waals surface area contributed by atoms with Crippen molar-refractivity contribution < 1.29 is 24.9 Å². The molecule has 0 aromatic heterocycles. The third-order valence-corrected chi connectivity index (χ3v) is 3.08. The van der Waals surface area contributed by atoms with Gasteiger partial charge in [-0.3, -0.25) is 4.79 Å². The lowest BCUT2D eigenvalue weighted by Crippen LogP contribution is -2.19. The minimum Gasteiger partial charge on any atom is -0.389 e. The van der Waals surface area contributed by atoms with Crippen molar-refractivity contribution in [3.05, 3.63) is 12.2 Å². The van der Waals surface area contributed by atoms with Crippen molar-refractivity contribution >= 4 is 12.1 Å². The molecule has 0 saturated heterocycles. The van der Waals surface area contributed by atoms with Gasteiger partial charge in [-0.25, -0.2) is 0 Å². The van der Waals surface area contributed by atoms with E-state index in [2.05, 4.69) is 0 Å². The zero-order chi connectivity index (χ0) is 13.1. The summed E-state index contributed by atoms with van der Waals surface area (Å²) in [6, 6.07) is 0. The third-order valence-electron chi connectivity index (χ3n) is 3.08. The molecule has 5 heteroatoms. The van der Waals surface area contributed by atoms with Gasteiger partial charge in [-0.1, -0.05) is 38.3 Å². The van der Waals surface area contributed by atoms with Crippen LogP contribution in [0.25, 0.3) is 0 Å². The van der Waals surface area contributed by atoms with Crippen LogP contribution in [0.5, 0.6) is 0 Å². The molecule has 1 aliphatic rings. The fourth-order valence-electron chi connectivity index (χ4n) is 1.72. The predicted molar refractivity (Wildman–Crippen MR) is 60.0 cm³/mol. The van der Waals surface area contributed by atoms with Crippen LogP contribution in [0.2, 0.25) is 0 Å². The highest BCUT2D eigenvalue weighted by molar-refractivity contribution is 6.22. The van der Waals surface area contributed by atoms with E-state index in [9.17, 15) is 24.9 Å². The van der Waals surface area contributed by atoms with Crippen LogP contribution in [0.4, 0.5) is 0 Å². The number of Topliss-reactive ketones (excluding diaryl/α,β-unsaturated/α-hetero) is 1. The highest BCUT2D eigenvalue weighted by Gasteiger charge is 2.77. The van der Waals surface area contributed by atoms with E-state index in [0.717, 1.165) is 25.3 Å². The topological polar surface area (TPSA) is 94.8 Å². The quantitative estimate of drug-likeness (QED) is 0.191. The number of hydrogen-bond donors (Lipinski definition) is 3. The first-order chi connectivity index (χ1) is 7.92. The van der Waals surface area contributed by atoms with Crippen molar-refractivity contribution in [2.75, 3.05) is 0 Å². The van der Waals surface area contributed by atoms with Gasteiger partial charge in [-0.05, 0) is 6.42 Å². The molecule has 96 valence electrons. The minimum atomic E-state index is -2.60. The van der Waals surface area contributed by atoms with Gasteiger partial charge in [0.1, 0.15) is 6.29 Å². The van der Waals surface area contributed by atoms with Gasteiger partial charge < -0.3 is 20.1 Å². The first kappa shape index (κ1) is 14.0. The van der Waals surface area contributed by atoms with Crippen LogP contribution >= 0.6 is 0 Å². The van der Waals surface area contributed by atoms with E-state index < -0.39 is 23.1 Å². The number of aldehydes is 1. The van der Waals surface area contributed by atoms with Gasteiger partial charge in [0.05, 0.1) is 6.10 Å². The number of aliphatic hydroxyl groups excluding tert-OH is 1. The Bertz CT molecular complexity index is 334. The largest absolute Gasteiger partial charge is 0.389 e. The summed E-state index contributed by atoms with van der Waals surface area (Å²) >= 11 is 0. The molecule has 0 amide bonds. The molecule has 1 aliphatic carbocycles. The molecule has 17 heavy (non-hydrogen) atoms. The number of carbonyl (C=O) groups excluding carboxylic acids is 2. The Hall–Kier alpha value is -1.04. The highest BCUT2D eigenvalue weighted by Crippen LogP contribution is 2.49. The molecule has 1 fully saturated rings. The van der Waals surface area contributed by atoms with Crippen molar-refractivity contribution in [3.63, 3.8) is 0 Å². The Kier molecular flexibility index (Phi) is 4.19. The standard InChI is InChI=1S/C12H18O5/c1-2-3-4-5-9(14)6-7-11(8-13)10(15)12(11,16)17/h6-9,14,16-17H,2-5H2,1H3/b7-6+/t9-,11+/m0/s1. The summed E-state index contributed by atoms with van der Waals surface area (Å²) in [5.74, 6) is -3.55. The molecule has 0 spiro atoms. The summed E-state index contributed by atoms with van der Waals surface area (Å²) in [6.45, 7) is 2.04. The Balaban J connectivity index is 2.53. The van der Waals surface area contributed by atoms with Crippen LogP contribution in [0.1, 0.15) is 32.6 Å². The summed E-state index contributed by atoms with van der Waals surface area (Å²) in [5.41, 5.74) is -1.88. The highest BCUT2D eigenvalue weighted by atomic mass is 16.5. The fourth-order valence-corrected chi connectivity index (χ4v) is 1.72. The Morgan fingerprint density at radius 1 is 1.35 bits per heavy atom. The zero-order valence-electron chi connectivity index (χ0n) is 9.80. The number of aliphatic hydroxyl groups is 3. The second kappa shape index (κ2) is 5.08. The summed E-state index contributed by atoms with van der Waals surface area (Å²) < 4.78 is 0. The molecule has 1 rings (SSSR count). The normalized spacial score (nSPS) is 28.4. The number of rotatable bonds is 7. The maximum atomic E-state index is 11.1. The second-order valence-electron chi connectivity index (χ2n) is 4.41. The molecule has 0 aromatic rings. The lowest BCUT2D eigenvalue weighted by atomic mass is 10.0. The lowest BCUT2D eigenvalue weighted by Gasteiger charge is -2.06. The lowest BCUT2D eigenvalue weighted by molar-refractivity contribution is -0.137. The number of hydrogen-bond acceptors (Lipinski definition) is 5. The first-order valence-corrected chi connectivity index (χ1v) is 5.75. The predicted octanol–water partition coefficient (Wildman–Crippen LogP) is -0.0673. The zero-order valence-corrected chi connectivity index (χ0v) is 9.80. The molecule has 0 unspecified atom stereocenters. The Morgan fingerprint density at radius 2 is 1.94 bits per heavy atom. The van der Waals surface area contributed by atoms with Gasteiger partial charge in [0.15, 0.2) is 5.41 Å². The molecule has 0 aromatic carbocycles. The molecular weight excluding hydrogens is 224 g/mol. The molecule has 0 radical (unpaired) electrons. The summed E-state index contributed by atoms with van der Waals surface area (Å²) in [5, 5.41) is 27.9. The summed E-state index contributed by atoms with van der Waals surface area (Å²) in [7, 11) is 0. The maximum Gasteiger partial charge on any atom is 0.249 e. The average molecular weight is 242 g/mol. The fraction of sp³-hybridized carbons (Fsp3) is 0.667. The minimum absolute atomic E-state index is 0.199. The van der Waals surface area contributed by atoms with E-state index in [1.54, 1.807) is 0 Å². The van der Waals surface area contributed by atoms with Gasteiger partial charge >= 0.3 is 0 Å². The van der Waals surface area contributed by atoms with E-state index in [1.807, 2.05) is 6.92 Å². The SMILES string of the molecule is CCCCC[C@H](O)/C=C/[C@@]1(C=O)C(=O)C1(O)O. The Labute approximate surface area is 99.8 Å². The van der Waals surface area contributed by atoms with Crippen LogP contribution in [0, 0.1) is 5.41 Å². The van der Waals surface area contributed by atoms with Crippen molar-refractivity contribution in [3.8, 4) is 0 Å². The van der Waals surface area contributed by atoms with Crippen LogP contribution in [0.3, 0.4) is 0 Å². The van der Waals surface area contributed by atoms with Crippen LogP contribution in [-0.4, -0.2) is 39.3 Å². The first-order valence-electron chi connectivity index (χ1n) is 5.75. The molecular formula is C12H18O5. The summed E-state index contributed by atoms with van der Waals surface area (Å²) in [4.78, 5) is 21.8. The van der Waals surface area contributed by atoms with Gasteiger partial charge in [0.25, 0.3) is 0 Å². The molecule has 5 nitrogen and oxygen atoms in total. The number of carbonyl (C=O) groups is 2. The van der Waals surface area contributed by atoms with E-state index in [1.165, 1.54) is 6.08 Å². The number of ketones is 1.